The number of nitrogens with zero attached hydrogens (tertiary/aromatic N) is 2. The number of H-pyrrole nitrogens is 1. The third kappa shape index (κ3) is 4.88. The Hall–Kier alpha value is -3.09. The van der Waals surface area contributed by atoms with Crippen LogP contribution >= 0.6 is 11.3 Å². The summed E-state index contributed by atoms with van der Waals surface area (Å²) in [5.74, 6) is 0.0108. The molecule has 1 amide bonds. The summed E-state index contributed by atoms with van der Waals surface area (Å²) in [4.78, 5) is 22.2. The first kappa shape index (κ1) is 22.7. The van der Waals surface area contributed by atoms with Crippen molar-refractivity contribution in [3.8, 4) is 0 Å². The lowest BCUT2D eigenvalue weighted by Gasteiger charge is -2.34. The number of aromatic nitrogens is 1. The average molecular weight is 473 g/mol. The predicted molar refractivity (Wildman–Crippen MR) is 144 cm³/mol. The number of allylic oxidation sites excluding steroid dienone is 1. The second-order valence-corrected chi connectivity index (χ2v) is 10.2. The minimum absolute atomic E-state index is 0.0108. The lowest BCUT2D eigenvalue weighted by molar-refractivity contribution is 0.0941. The largest absolute Gasteiger partial charge is 0.369 e. The molecule has 0 bridgehead atoms. The zero-order valence-electron chi connectivity index (χ0n) is 19.9. The molecule has 0 spiro atoms. The van der Waals surface area contributed by atoms with E-state index >= 15 is 0 Å². The molecule has 0 radical (unpaired) electrons. The van der Waals surface area contributed by atoms with Crippen molar-refractivity contribution in [2.24, 2.45) is 0 Å². The highest BCUT2D eigenvalue weighted by Crippen LogP contribution is 2.30. The van der Waals surface area contributed by atoms with Crippen LogP contribution in [0, 0.1) is 0 Å². The summed E-state index contributed by atoms with van der Waals surface area (Å²) in [6.07, 6.45) is 7.85. The molecule has 1 aliphatic heterocycles. The maximum Gasteiger partial charge on any atom is 0.261 e. The molecule has 1 atom stereocenters. The Balaban J connectivity index is 1.32. The SMILES string of the molecule is C/C=C\CC(Cc1c[nH]c2ccccc12)NC(=O)c1cc2ccc(N3CCN(C)CC3)cc2s1. The average Bonchev–Trinajstić information content (AvgIpc) is 3.47. The van der Waals surface area contributed by atoms with Crippen LogP contribution in [0.4, 0.5) is 5.69 Å². The third-order valence-corrected chi connectivity index (χ3v) is 7.83. The lowest BCUT2D eigenvalue weighted by Crippen LogP contribution is -2.44. The number of carbonyl (C=O) groups excluding carboxylic acids is 1. The Bertz CT molecular complexity index is 1310. The van der Waals surface area contributed by atoms with E-state index in [4.69, 9.17) is 0 Å². The maximum absolute atomic E-state index is 13.3. The van der Waals surface area contributed by atoms with E-state index in [1.54, 1.807) is 11.3 Å². The van der Waals surface area contributed by atoms with Gasteiger partial charge in [0, 0.05) is 59.7 Å². The number of likely N-dealkylation sites (N-methyl/N-ethyl adjacent to an activating group) is 1. The van der Waals surface area contributed by atoms with Crippen molar-refractivity contribution < 1.29 is 4.79 Å². The number of nitrogens with one attached hydrogen (secondary N) is 2. The van der Waals surface area contributed by atoms with E-state index in [1.165, 1.54) is 21.3 Å². The zero-order chi connectivity index (χ0) is 23.5. The van der Waals surface area contributed by atoms with Gasteiger partial charge in [-0.15, -0.1) is 11.3 Å². The highest BCUT2D eigenvalue weighted by atomic mass is 32.1. The first-order valence-corrected chi connectivity index (χ1v) is 12.9. The molecule has 2 aromatic heterocycles. The molecule has 3 heterocycles. The van der Waals surface area contributed by atoms with Crippen molar-refractivity contribution in [3.05, 3.63) is 77.3 Å². The van der Waals surface area contributed by atoms with Gasteiger partial charge in [-0.25, -0.2) is 0 Å². The van der Waals surface area contributed by atoms with Crippen LogP contribution in [0.25, 0.3) is 21.0 Å². The van der Waals surface area contributed by atoms with Gasteiger partial charge >= 0.3 is 0 Å². The number of fused-ring (bicyclic) bond motifs is 2. The summed E-state index contributed by atoms with van der Waals surface area (Å²) in [5, 5.41) is 5.66. The summed E-state index contributed by atoms with van der Waals surface area (Å²) in [7, 11) is 2.17. The topological polar surface area (TPSA) is 51.4 Å². The van der Waals surface area contributed by atoms with Crippen molar-refractivity contribution >= 4 is 43.9 Å². The van der Waals surface area contributed by atoms with E-state index in [-0.39, 0.29) is 11.9 Å². The number of benzene rings is 2. The van der Waals surface area contributed by atoms with E-state index in [2.05, 4.69) is 75.8 Å². The number of anilines is 1. The van der Waals surface area contributed by atoms with Crippen molar-refractivity contribution in [1.82, 2.24) is 15.2 Å². The standard InChI is InChI=1S/C28H32N4OS/c1-3-4-7-22(16-21-19-29-25-9-6-5-8-24(21)25)30-28(33)27-17-20-10-11-23(18-26(20)34-27)32-14-12-31(2)13-15-32/h3-6,8-11,17-19,22,29H,7,12-16H2,1-2H3,(H,30,33)/b4-3-. The Morgan fingerprint density at radius 2 is 1.97 bits per heavy atom. The van der Waals surface area contributed by atoms with Gasteiger partial charge in [0.15, 0.2) is 0 Å². The fourth-order valence-corrected chi connectivity index (χ4v) is 5.71. The first-order valence-electron chi connectivity index (χ1n) is 12.0. The number of thiophene rings is 1. The van der Waals surface area contributed by atoms with Gasteiger partial charge in [0.05, 0.1) is 4.88 Å². The van der Waals surface area contributed by atoms with Crippen LogP contribution in [0.15, 0.2) is 66.9 Å². The van der Waals surface area contributed by atoms with Crippen molar-refractivity contribution in [2.75, 3.05) is 38.1 Å². The van der Waals surface area contributed by atoms with Gasteiger partial charge in [0.25, 0.3) is 5.91 Å². The summed E-state index contributed by atoms with van der Waals surface area (Å²) in [5.41, 5.74) is 3.62. The molecule has 0 saturated carbocycles. The molecular formula is C28H32N4OS. The van der Waals surface area contributed by atoms with Crippen LogP contribution in [-0.2, 0) is 6.42 Å². The van der Waals surface area contributed by atoms with E-state index in [0.717, 1.165) is 54.8 Å². The summed E-state index contributed by atoms with van der Waals surface area (Å²) < 4.78 is 1.17. The van der Waals surface area contributed by atoms with Gasteiger partial charge in [-0.1, -0.05) is 36.4 Å². The van der Waals surface area contributed by atoms with E-state index in [1.807, 2.05) is 25.1 Å². The Morgan fingerprint density at radius 3 is 2.79 bits per heavy atom. The molecule has 1 unspecified atom stereocenters. The number of hydrogen-bond donors (Lipinski definition) is 2. The van der Waals surface area contributed by atoms with Crippen molar-refractivity contribution in [1.29, 1.82) is 0 Å². The molecule has 1 aliphatic rings. The highest BCUT2D eigenvalue weighted by Gasteiger charge is 2.19. The van der Waals surface area contributed by atoms with E-state index < -0.39 is 0 Å². The fraction of sp³-hybridized carbons (Fsp3) is 0.321. The smallest absolute Gasteiger partial charge is 0.261 e. The Morgan fingerprint density at radius 1 is 1.15 bits per heavy atom. The minimum atomic E-state index is 0.0108. The van der Waals surface area contributed by atoms with Crippen LogP contribution in [-0.4, -0.2) is 55.1 Å². The zero-order valence-corrected chi connectivity index (χ0v) is 20.7. The minimum Gasteiger partial charge on any atom is -0.369 e. The molecule has 34 heavy (non-hydrogen) atoms. The van der Waals surface area contributed by atoms with Gasteiger partial charge in [0.1, 0.15) is 0 Å². The second-order valence-electron chi connectivity index (χ2n) is 9.16. The van der Waals surface area contributed by atoms with Crippen LogP contribution in [0.5, 0.6) is 0 Å². The van der Waals surface area contributed by atoms with E-state index in [0.29, 0.717) is 0 Å². The lowest BCUT2D eigenvalue weighted by atomic mass is 10.0. The third-order valence-electron chi connectivity index (χ3n) is 6.73. The number of carbonyl (C=O) groups is 1. The van der Waals surface area contributed by atoms with Gasteiger partial charge in [0.2, 0.25) is 0 Å². The van der Waals surface area contributed by atoms with Crippen LogP contribution in [0.3, 0.4) is 0 Å². The summed E-state index contributed by atoms with van der Waals surface area (Å²) in [6.45, 7) is 6.28. The summed E-state index contributed by atoms with van der Waals surface area (Å²) in [6, 6.07) is 17.0. The number of para-hydroxylation sites is 1. The molecule has 1 saturated heterocycles. The second kappa shape index (κ2) is 10.0. The van der Waals surface area contributed by atoms with E-state index in [9.17, 15) is 4.79 Å². The van der Waals surface area contributed by atoms with Gasteiger partial charge in [-0.2, -0.15) is 0 Å². The highest BCUT2D eigenvalue weighted by molar-refractivity contribution is 7.20. The molecule has 2 N–H and O–H groups in total. The number of amides is 1. The molecule has 4 aromatic rings. The fourth-order valence-electron chi connectivity index (χ4n) is 4.71. The van der Waals surface area contributed by atoms with Crippen LogP contribution in [0.1, 0.15) is 28.6 Å². The van der Waals surface area contributed by atoms with Crippen LogP contribution in [0.2, 0.25) is 0 Å². The Labute approximate surface area is 205 Å². The quantitative estimate of drug-likeness (QED) is 0.352. The van der Waals surface area contributed by atoms with Crippen molar-refractivity contribution in [2.45, 2.75) is 25.8 Å². The van der Waals surface area contributed by atoms with Gasteiger partial charge in [-0.05, 0) is 62.0 Å². The normalized spacial score (nSPS) is 16.0. The Kier molecular flexibility index (Phi) is 6.70. The molecule has 1 fully saturated rings. The van der Waals surface area contributed by atoms with Crippen LogP contribution < -0.4 is 10.2 Å². The molecule has 6 heteroatoms. The maximum atomic E-state index is 13.3. The van der Waals surface area contributed by atoms with Crippen molar-refractivity contribution in [3.63, 3.8) is 0 Å². The summed E-state index contributed by atoms with van der Waals surface area (Å²) >= 11 is 1.59. The predicted octanol–water partition coefficient (Wildman–Crippen LogP) is 5.44. The molecule has 0 aliphatic carbocycles. The monoisotopic (exact) mass is 472 g/mol. The molecule has 5 nitrogen and oxygen atoms in total. The number of aromatic amines is 1. The number of hydrogen-bond acceptors (Lipinski definition) is 4. The molecule has 2 aromatic carbocycles. The first-order chi connectivity index (χ1) is 16.6. The number of rotatable bonds is 7. The molecule has 5 rings (SSSR count). The molecule has 176 valence electrons. The van der Waals surface area contributed by atoms with Gasteiger partial charge in [-0.3, -0.25) is 4.79 Å². The number of piperazine rings is 1. The molecular weight excluding hydrogens is 440 g/mol. The van der Waals surface area contributed by atoms with Gasteiger partial charge < -0.3 is 20.1 Å².